The maximum absolute atomic E-state index is 13.4. The van der Waals surface area contributed by atoms with Gasteiger partial charge in [-0.2, -0.15) is 0 Å². The Morgan fingerprint density at radius 3 is 2.36 bits per heavy atom. The van der Waals surface area contributed by atoms with E-state index in [1.54, 1.807) is 24.3 Å². The van der Waals surface area contributed by atoms with Gasteiger partial charge in [0.15, 0.2) is 0 Å². The van der Waals surface area contributed by atoms with E-state index in [0.29, 0.717) is 23.2 Å². The summed E-state index contributed by atoms with van der Waals surface area (Å²) in [6, 6.07) is 26.2. The third kappa shape index (κ3) is 6.91. The van der Waals surface area contributed by atoms with Gasteiger partial charge in [-0.25, -0.2) is 14.4 Å². The average Bonchev–Trinajstić information content (AvgIpc) is 2.91. The van der Waals surface area contributed by atoms with E-state index < -0.39 is 0 Å². The third-order valence-corrected chi connectivity index (χ3v) is 6.37. The summed E-state index contributed by atoms with van der Waals surface area (Å²) in [6.07, 6.45) is 1.53. The van der Waals surface area contributed by atoms with Crippen molar-refractivity contribution in [3.63, 3.8) is 0 Å². The highest BCUT2D eigenvalue weighted by molar-refractivity contribution is 6.32. The second kappa shape index (κ2) is 11.4. The van der Waals surface area contributed by atoms with E-state index in [1.165, 1.54) is 18.5 Å². The first-order chi connectivity index (χ1) is 18.7. The molecule has 0 aliphatic heterocycles. The van der Waals surface area contributed by atoms with Crippen LogP contribution in [0, 0.1) is 5.82 Å². The predicted octanol–water partition coefficient (Wildman–Crippen LogP) is 8.73. The number of rotatable bonds is 8. The van der Waals surface area contributed by atoms with E-state index >= 15 is 0 Å². The van der Waals surface area contributed by atoms with Crippen LogP contribution in [0.1, 0.15) is 31.9 Å². The molecule has 5 aromatic rings. The second-order valence-corrected chi connectivity index (χ2v) is 10.6. The molecule has 4 aromatic carbocycles. The van der Waals surface area contributed by atoms with Gasteiger partial charge in [0, 0.05) is 11.1 Å². The number of hydrogen-bond donors (Lipinski definition) is 1. The van der Waals surface area contributed by atoms with Crippen molar-refractivity contribution in [3.05, 3.63) is 113 Å². The van der Waals surface area contributed by atoms with E-state index in [1.807, 2.05) is 12.1 Å². The molecule has 0 saturated heterocycles. The Bertz CT molecular complexity index is 1600. The fourth-order valence-electron chi connectivity index (χ4n) is 4.05. The molecule has 198 valence electrons. The van der Waals surface area contributed by atoms with Gasteiger partial charge in [-0.15, -0.1) is 0 Å². The van der Waals surface area contributed by atoms with E-state index in [-0.39, 0.29) is 18.0 Å². The van der Waals surface area contributed by atoms with Crippen LogP contribution in [0.5, 0.6) is 5.75 Å². The standard InChI is InChI=1S/C32H29ClFN3O2/c1-32(2,3)39-19-21-7-9-23(10-8-21)24-11-13-29-27(16-24)31(36-20-35-29)37-26-12-14-30(28(33)17-26)38-18-22-5-4-6-25(34)15-22/h4-17,20H,18-19H2,1-3H3,(H,35,36,37). The molecule has 0 atom stereocenters. The normalized spacial score (nSPS) is 11.5. The quantitative estimate of drug-likeness (QED) is 0.213. The van der Waals surface area contributed by atoms with Gasteiger partial charge in [0.05, 0.1) is 22.7 Å². The largest absolute Gasteiger partial charge is 0.487 e. The molecule has 0 aliphatic carbocycles. The van der Waals surface area contributed by atoms with Crippen molar-refractivity contribution in [1.29, 1.82) is 0 Å². The number of ether oxygens (including phenoxy) is 2. The van der Waals surface area contributed by atoms with Crippen molar-refractivity contribution in [2.45, 2.75) is 39.6 Å². The Labute approximate surface area is 232 Å². The van der Waals surface area contributed by atoms with Gasteiger partial charge in [-0.1, -0.05) is 54.1 Å². The van der Waals surface area contributed by atoms with Crippen LogP contribution in [0.15, 0.2) is 91.3 Å². The fraction of sp³-hybridized carbons (Fsp3) is 0.188. The minimum absolute atomic E-state index is 0.180. The molecule has 0 radical (unpaired) electrons. The number of halogens is 2. The number of nitrogens with zero attached hydrogens (tertiary/aromatic N) is 2. The average molecular weight is 542 g/mol. The number of nitrogens with one attached hydrogen (secondary N) is 1. The lowest BCUT2D eigenvalue weighted by atomic mass is 10.0. The molecule has 0 unspecified atom stereocenters. The Balaban J connectivity index is 1.33. The van der Waals surface area contributed by atoms with Gasteiger partial charge >= 0.3 is 0 Å². The summed E-state index contributed by atoms with van der Waals surface area (Å²) in [5.41, 5.74) is 5.40. The number of benzene rings is 4. The number of hydrogen-bond acceptors (Lipinski definition) is 5. The molecule has 0 spiro atoms. The summed E-state index contributed by atoms with van der Waals surface area (Å²) in [7, 11) is 0. The summed E-state index contributed by atoms with van der Waals surface area (Å²) in [4.78, 5) is 8.92. The Morgan fingerprint density at radius 1 is 0.821 bits per heavy atom. The molecule has 7 heteroatoms. The highest BCUT2D eigenvalue weighted by Gasteiger charge is 2.11. The van der Waals surface area contributed by atoms with Gasteiger partial charge in [-0.3, -0.25) is 0 Å². The zero-order valence-corrected chi connectivity index (χ0v) is 22.8. The number of aromatic nitrogens is 2. The maximum Gasteiger partial charge on any atom is 0.141 e. The summed E-state index contributed by atoms with van der Waals surface area (Å²) >= 11 is 6.50. The molecule has 0 aliphatic rings. The summed E-state index contributed by atoms with van der Waals surface area (Å²) in [6.45, 7) is 6.94. The lowest BCUT2D eigenvalue weighted by Crippen LogP contribution is -2.18. The minimum Gasteiger partial charge on any atom is -0.487 e. The molecule has 0 saturated carbocycles. The molecule has 0 amide bonds. The first kappa shape index (κ1) is 26.6. The third-order valence-electron chi connectivity index (χ3n) is 6.07. The van der Waals surface area contributed by atoms with Crippen molar-refractivity contribution >= 4 is 34.0 Å². The van der Waals surface area contributed by atoms with Gasteiger partial charge in [0.1, 0.15) is 30.3 Å². The maximum atomic E-state index is 13.4. The molecule has 39 heavy (non-hydrogen) atoms. The molecular weight excluding hydrogens is 513 g/mol. The Hall–Kier alpha value is -4.00. The molecule has 0 bridgehead atoms. The topological polar surface area (TPSA) is 56.3 Å². The molecule has 5 nitrogen and oxygen atoms in total. The molecular formula is C32H29ClFN3O2. The second-order valence-electron chi connectivity index (χ2n) is 10.2. The van der Waals surface area contributed by atoms with Crippen LogP contribution < -0.4 is 10.1 Å². The van der Waals surface area contributed by atoms with Crippen LogP contribution in [0.3, 0.4) is 0 Å². The van der Waals surface area contributed by atoms with Crippen LogP contribution in [0.25, 0.3) is 22.0 Å². The lowest BCUT2D eigenvalue weighted by molar-refractivity contribution is -0.0149. The van der Waals surface area contributed by atoms with Crippen LogP contribution >= 0.6 is 11.6 Å². The number of anilines is 2. The first-order valence-electron chi connectivity index (χ1n) is 12.7. The molecule has 1 heterocycles. The van der Waals surface area contributed by atoms with Crippen molar-refractivity contribution in [2.24, 2.45) is 0 Å². The summed E-state index contributed by atoms with van der Waals surface area (Å²) in [5.74, 6) is 0.879. The van der Waals surface area contributed by atoms with Crippen LogP contribution in [-0.4, -0.2) is 15.6 Å². The van der Waals surface area contributed by atoms with Crippen molar-refractivity contribution < 1.29 is 13.9 Å². The SMILES string of the molecule is CC(C)(C)OCc1ccc(-c2ccc3ncnc(Nc4ccc(OCc5cccc(F)c5)c(Cl)c4)c3c2)cc1. The van der Waals surface area contributed by atoms with Crippen molar-refractivity contribution in [2.75, 3.05) is 5.32 Å². The van der Waals surface area contributed by atoms with Crippen LogP contribution in [0.4, 0.5) is 15.9 Å². The Kier molecular flexibility index (Phi) is 7.77. The molecule has 0 fully saturated rings. The van der Waals surface area contributed by atoms with Crippen molar-refractivity contribution in [3.8, 4) is 16.9 Å². The minimum atomic E-state index is -0.301. The van der Waals surface area contributed by atoms with E-state index in [9.17, 15) is 4.39 Å². The lowest BCUT2D eigenvalue weighted by Gasteiger charge is -2.19. The van der Waals surface area contributed by atoms with Gasteiger partial charge in [0.25, 0.3) is 0 Å². The molecule has 1 aromatic heterocycles. The molecule has 1 N–H and O–H groups in total. The Morgan fingerprint density at radius 2 is 1.62 bits per heavy atom. The zero-order chi connectivity index (χ0) is 27.4. The summed E-state index contributed by atoms with van der Waals surface area (Å²) in [5, 5.41) is 4.68. The van der Waals surface area contributed by atoms with Crippen LogP contribution in [0.2, 0.25) is 5.02 Å². The highest BCUT2D eigenvalue weighted by atomic mass is 35.5. The molecule has 5 rings (SSSR count). The van der Waals surface area contributed by atoms with E-state index in [0.717, 1.165) is 38.8 Å². The monoisotopic (exact) mass is 541 g/mol. The van der Waals surface area contributed by atoms with Gasteiger partial charge in [0.2, 0.25) is 0 Å². The fourth-order valence-corrected chi connectivity index (χ4v) is 4.28. The van der Waals surface area contributed by atoms with E-state index in [2.05, 4.69) is 72.5 Å². The van der Waals surface area contributed by atoms with Gasteiger partial charge < -0.3 is 14.8 Å². The predicted molar refractivity (Wildman–Crippen MR) is 155 cm³/mol. The van der Waals surface area contributed by atoms with Gasteiger partial charge in [-0.05, 0) is 85.5 Å². The van der Waals surface area contributed by atoms with E-state index in [4.69, 9.17) is 21.1 Å². The summed E-state index contributed by atoms with van der Waals surface area (Å²) < 4.78 is 25.1. The zero-order valence-electron chi connectivity index (χ0n) is 22.0. The highest BCUT2D eigenvalue weighted by Crippen LogP contribution is 2.32. The van der Waals surface area contributed by atoms with Crippen molar-refractivity contribution in [1.82, 2.24) is 9.97 Å². The smallest absolute Gasteiger partial charge is 0.141 e. The first-order valence-corrected chi connectivity index (χ1v) is 13.0. The van der Waals surface area contributed by atoms with Crippen LogP contribution in [-0.2, 0) is 18.0 Å². The number of fused-ring (bicyclic) bond motifs is 1.